The van der Waals surface area contributed by atoms with E-state index < -0.39 is 11.6 Å². The van der Waals surface area contributed by atoms with E-state index in [2.05, 4.69) is 6.92 Å². The van der Waals surface area contributed by atoms with Crippen LogP contribution in [0.2, 0.25) is 0 Å². The Hall–Kier alpha value is -1.36. The van der Waals surface area contributed by atoms with E-state index in [0.29, 0.717) is 6.54 Å². The van der Waals surface area contributed by atoms with E-state index >= 15 is 0 Å². The Labute approximate surface area is 121 Å². The summed E-state index contributed by atoms with van der Waals surface area (Å²) in [6.07, 6.45) is 4.43. The lowest BCUT2D eigenvalue weighted by atomic mass is 10.2. The molecule has 1 aromatic rings. The van der Waals surface area contributed by atoms with Crippen LogP contribution >= 0.6 is 11.8 Å². The summed E-state index contributed by atoms with van der Waals surface area (Å²) in [5.74, 6) is -0.584. The molecule has 1 aromatic carbocycles. The number of benzene rings is 1. The minimum atomic E-state index is -0.657. The Balaban J connectivity index is 2.09. The largest absolute Gasteiger partial charge is 0.326 e. The Kier molecular flexibility index (Phi) is 5.17. The first kappa shape index (κ1) is 15.0. The molecule has 0 radical (unpaired) electrons. The molecule has 0 aromatic heterocycles. The second kappa shape index (κ2) is 6.88. The number of carbonyl (C=O) groups excluding carboxylic acids is 1. The lowest BCUT2D eigenvalue weighted by Gasteiger charge is -2.21. The van der Waals surface area contributed by atoms with E-state index in [1.54, 1.807) is 16.7 Å². The fraction of sp³-hybridized carbons (Fsp3) is 0.400. The van der Waals surface area contributed by atoms with Crippen LogP contribution in [0.3, 0.4) is 0 Å². The lowest BCUT2D eigenvalue weighted by molar-refractivity contribution is -0.126. The molecule has 1 saturated heterocycles. The van der Waals surface area contributed by atoms with E-state index in [1.165, 1.54) is 30.4 Å². The molecule has 0 saturated carbocycles. The maximum Gasteiger partial charge on any atom is 0.247 e. The number of thioether (sulfide) groups is 1. The molecule has 1 amide bonds. The number of carbonyl (C=O) groups is 1. The highest BCUT2D eigenvalue weighted by atomic mass is 32.2. The van der Waals surface area contributed by atoms with Crippen molar-refractivity contribution in [1.82, 2.24) is 4.90 Å². The van der Waals surface area contributed by atoms with Crippen molar-refractivity contribution in [2.75, 3.05) is 12.3 Å². The second-order valence-corrected chi connectivity index (χ2v) is 5.90. The number of hydrogen-bond acceptors (Lipinski definition) is 2. The molecule has 1 fully saturated rings. The van der Waals surface area contributed by atoms with Gasteiger partial charge in [-0.2, -0.15) is 0 Å². The van der Waals surface area contributed by atoms with Crippen LogP contribution in [0.25, 0.3) is 6.08 Å². The molecule has 1 aliphatic heterocycles. The molecular weight excluding hydrogens is 280 g/mol. The smallest absolute Gasteiger partial charge is 0.247 e. The van der Waals surface area contributed by atoms with E-state index in [-0.39, 0.29) is 16.8 Å². The molecule has 1 heterocycles. The van der Waals surface area contributed by atoms with Crippen molar-refractivity contribution >= 4 is 23.7 Å². The highest BCUT2D eigenvalue weighted by Gasteiger charge is 2.27. The molecule has 2 rings (SSSR count). The zero-order valence-electron chi connectivity index (χ0n) is 11.3. The highest BCUT2D eigenvalue weighted by Crippen LogP contribution is 2.27. The van der Waals surface area contributed by atoms with Gasteiger partial charge in [-0.05, 0) is 24.6 Å². The van der Waals surface area contributed by atoms with Gasteiger partial charge in [0.05, 0.1) is 5.37 Å². The first-order valence-electron chi connectivity index (χ1n) is 6.67. The maximum atomic E-state index is 13.5. The molecule has 0 unspecified atom stereocenters. The monoisotopic (exact) mass is 297 g/mol. The van der Waals surface area contributed by atoms with E-state index in [0.717, 1.165) is 18.6 Å². The molecule has 1 atom stereocenters. The minimum Gasteiger partial charge on any atom is -0.326 e. The molecule has 20 heavy (non-hydrogen) atoms. The predicted octanol–water partition coefficient (Wildman–Crippen LogP) is 3.68. The van der Waals surface area contributed by atoms with Gasteiger partial charge in [0.15, 0.2) is 0 Å². The molecule has 0 aliphatic carbocycles. The quantitative estimate of drug-likeness (QED) is 0.790. The molecular formula is C15H17F2NOS. The summed E-state index contributed by atoms with van der Waals surface area (Å²) in [5.41, 5.74) is -0.167. The van der Waals surface area contributed by atoms with Crippen molar-refractivity contribution in [2.24, 2.45) is 0 Å². The lowest BCUT2D eigenvalue weighted by Crippen LogP contribution is -2.33. The van der Waals surface area contributed by atoms with E-state index in [9.17, 15) is 13.6 Å². The standard InChI is InChI=1S/C15H17F2NOS/c1-2-4-15-18(9-10-20-15)14(19)8-7-11-12(16)5-3-6-13(11)17/h3,5-8,15H,2,4,9-10H2,1H3/b8-7+/t15-/m1/s1. The Morgan fingerprint density at radius 2 is 2.15 bits per heavy atom. The van der Waals surface area contributed by atoms with Gasteiger partial charge < -0.3 is 4.90 Å². The Morgan fingerprint density at radius 3 is 2.80 bits per heavy atom. The van der Waals surface area contributed by atoms with Crippen molar-refractivity contribution in [2.45, 2.75) is 25.1 Å². The van der Waals surface area contributed by atoms with Gasteiger partial charge in [0.25, 0.3) is 0 Å². The topological polar surface area (TPSA) is 20.3 Å². The van der Waals surface area contributed by atoms with Crippen molar-refractivity contribution in [3.8, 4) is 0 Å². The Bertz CT molecular complexity index is 498. The van der Waals surface area contributed by atoms with E-state index in [4.69, 9.17) is 0 Å². The van der Waals surface area contributed by atoms with Crippen LogP contribution in [-0.2, 0) is 4.79 Å². The van der Waals surface area contributed by atoms with Crippen molar-refractivity contribution in [3.05, 3.63) is 41.5 Å². The molecule has 0 spiro atoms. The highest BCUT2D eigenvalue weighted by molar-refractivity contribution is 8.00. The average molecular weight is 297 g/mol. The van der Waals surface area contributed by atoms with Crippen LogP contribution in [-0.4, -0.2) is 28.5 Å². The third kappa shape index (κ3) is 3.39. The second-order valence-electron chi connectivity index (χ2n) is 4.61. The normalized spacial score (nSPS) is 18.9. The van der Waals surface area contributed by atoms with Gasteiger partial charge in [0.1, 0.15) is 11.6 Å². The van der Waals surface area contributed by atoms with Crippen LogP contribution in [0.4, 0.5) is 8.78 Å². The van der Waals surface area contributed by atoms with Gasteiger partial charge in [-0.25, -0.2) is 8.78 Å². The molecule has 5 heteroatoms. The summed E-state index contributed by atoms with van der Waals surface area (Å²) in [5, 5.41) is 0.183. The summed E-state index contributed by atoms with van der Waals surface area (Å²) in [6, 6.07) is 3.66. The molecule has 2 nitrogen and oxygen atoms in total. The third-order valence-electron chi connectivity index (χ3n) is 3.20. The fourth-order valence-electron chi connectivity index (χ4n) is 2.18. The summed E-state index contributed by atoms with van der Waals surface area (Å²) < 4.78 is 26.9. The number of halogens is 2. The number of nitrogens with zero attached hydrogens (tertiary/aromatic N) is 1. The number of rotatable bonds is 4. The third-order valence-corrected chi connectivity index (χ3v) is 4.49. The fourth-order valence-corrected chi connectivity index (χ4v) is 3.55. The SMILES string of the molecule is CCC[C@H]1SCCN1C(=O)/C=C/c1c(F)cccc1F. The van der Waals surface area contributed by atoms with Gasteiger partial charge in [-0.1, -0.05) is 19.4 Å². The summed E-state index contributed by atoms with van der Waals surface area (Å²) in [7, 11) is 0. The van der Waals surface area contributed by atoms with Crippen LogP contribution in [0, 0.1) is 11.6 Å². The van der Waals surface area contributed by atoms with Crippen molar-refractivity contribution in [1.29, 1.82) is 0 Å². The van der Waals surface area contributed by atoms with Gasteiger partial charge in [0.2, 0.25) is 5.91 Å². The van der Waals surface area contributed by atoms with Gasteiger partial charge in [-0.3, -0.25) is 4.79 Å². The molecule has 108 valence electrons. The van der Waals surface area contributed by atoms with E-state index in [1.807, 2.05) is 0 Å². The van der Waals surface area contributed by atoms with Gasteiger partial charge >= 0.3 is 0 Å². The Morgan fingerprint density at radius 1 is 1.45 bits per heavy atom. The van der Waals surface area contributed by atoms with Crippen LogP contribution < -0.4 is 0 Å². The summed E-state index contributed by atoms with van der Waals surface area (Å²) in [6.45, 7) is 2.77. The zero-order valence-corrected chi connectivity index (χ0v) is 12.1. The first-order valence-corrected chi connectivity index (χ1v) is 7.72. The minimum absolute atomic E-state index is 0.167. The van der Waals surface area contributed by atoms with Crippen LogP contribution in [0.5, 0.6) is 0 Å². The predicted molar refractivity (Wildman–Crippen MR) is 78.3 cm³/mol. The number of hydrogen-bond donors (Lipinski definition) is 0. The molecule has 1 aliphatic rings. The maximum absolute atomic E-state index is 13.5. The molecule has 0 bridgehead atoms. The van der Waals surface area contributed by atoms with Gasteiger partial charge in [0, 0.05) is 23.9 Å². The number of amides is 1. The average Bonchev–Trinajstić information content (AvgIpc) is 2.87. The van der Waals surface area contributed by atoms with Crippen LogP contribution in [0.15, 0.2) is 24.3 Å². The van der Waals surface area contributed by atoms with Crippen molar-refractivity contribution in [3.63, 3.8) is 0 Å². The first-order chi connectivity index (χ1) is 9.63. The summed E-state index contributed by atoms with van der Waals surface area (Å²) >= 11 is 1.75. The summed E-state index contributed by atoms with van der Waals surface area (Å²) in [4.78, 5) is 13.9. The van der Waals surface area contributed by atoms with Gasteiger partial charge in [-0.15, -0.1) is 11.8 Å². The molecule has 0 N–H and O–H groups in total. The van der Waals surface area contributed by atoms with Crippen molar-refractivity contribution < 1.29 is 13.6 Å². The van der Waals surface area contributed by atoms with Crippen LogP contribution in [0.1, 0.15) is 25.3 Å². The zero-order chi connectivity index (χ0) is 14.5.